The van der Waals surface area contributed by atoms with Crippen molar-refractivity contribution in [2.75, 3.05) is 0 Å². The fourth-order valence-electron chi connectivity index (χ4n) is 2.31. The number of hydrogen-bond donors (Lipinski definition) is 1. The van der Waals surface area contributed by atoms with Gasteiger partial charge in [0.15, 0.2) is 5.78 Å². The number of carbonyl (C=O) groups excluding carboxylic acids is 1. The zero-order chi connectivity index (χ0) is 12.3. The zero-order valence-corrected chi connectivity index (χ0v) is 9.95. The number of halogens is 1. The zero-order valence-electron chi connectivity index (χ0n) is 9.95. The highest BCUT2D eigenvalue weighted by Gasteiger charge is 2.21. The number of nitrogens with one attached hydrogen (secondary N) is 1. The summed E-state index contributed by atoms with van der Waals surface area (Å²) < 4.78 is 12.9. The van der Waals surface area contributed by atoms with Crippen LogP contribution in [-0.4, -0.2) is 22.9 Å². The smallest absolute Gasteiger partial charge is 0.166 e. The fraction of sp³-hybridized carbons (Fsp3) is 0.538. The van der Waals surface area contributed by atoms with E-state index in [0.29, 0.717) is 18.0 Å². The molecule has 0 bridgehead atoms. The SMILES string of the molecule is CC1CCCC(CC(=O)c2cncc(F)c2)N1. The van der Waals surface area contributed by atoms with E-state index >= 15 is 0 Å². The molecule has 1 N–H and O–H groups in total. The maximum absolute atomic E-state index is 12.9. The van der Waals surface area contributed by atoms with Crippen LogP contribution in [0.25, 0.3) is 0 Å². The normalized spacial score (nSPS) is 24.6. The Morgan fingerprint density at radius 2 is 2.35 bits per heavy atom. The molecular formula is C13H17FN2O. The van der Waals surface area contributed by atoms with E-state index in [0.717, 1.165) is 25.5 Å². The van der Waals surface area contributed by atoms with Gasteiger partial charge < -0.3 is 5.32 Å². The van der Waals surface area contributed by atoms with Gasteiger partial charge in [0.05, 0.1) is 6.20 Å². The summed E-state index contributed by atoms with van der Waals surface area (Å²) in [5.41, 5.74) is 0.366. The first-order valence-electron chi connectivity index (χ1n) is 6.05. The number of hydrogen-bond acceptors (Lipinski definition) is 3. The second-order valence-corrected chi connectivity index (χ2v) is 4.71. The van der Waals surface area contributed by atoms with Crippen LogP contribution in [0, 0.1) is 5.82 Å². The summed E-state index contributed by atoms with van der Waals surface area (Å²) in [6.45, 7) is 2.13. The lowest BCUT2D eigenvalue weighted by Gasteiger charge is -2.28. The molecule has 0 spiro atoms. The van der Waals surface area contributed by atoms with Gasteiger partial charge in [-0.25, -0.2) is 4.39 Å². The number of ketones is 1. The molecule has 1 saturated heterocycles. The lowest BCUT2D eigenvalue weighted by Crippen LogP contribution is -2.41. The second kappa shape index (κ2) is 5.36. The van der Waals surface area contributed by atoms with E-state index in [1.165, 1.54) is 12.3 Å². The number of carbonyl (C=O) groups is 1. The molecule has 17 heavy (non-hydrogen) atoms. The Morgan fingerprint density at radius 3 is 3.06 bits per heavy atom. The number of aromatic nitrogens is 1. The molecule has 1 aromatic heterocycles. The molecular weight excluding hydrogens is 219 g/mol. The van der Waals surface area contributed by atoms with Crippen molar-refractivity contribution < 1.29 is 9.18 Å². The first kappa shape index (κ1) is 12.2. The van der Waals surface area contributed by atoms with Gasteiger partial charge in [0.25, 0.3) is 0 Å². The van der Waals surface area contributed by atoms with Crippen LogP contribution < -0.4 is 5.32 Å². The van der Waals surface area contributed by atoms with E-state index in [1.54, 1.807) is 0 Å². The van der Waals surface area contributed by atoms with Crippen molar-refractivity contribution >= 4 is 5.78 Å². The number of rotatable bonds is 3. The Labute approximate surface area is 100 Å². The van der Waals surface area contributed by atoms with Crippen molar-refractivity contribution in [1.29, 1.82) is 0 Å². The molecule has 0 amide bonds. The van der Waals surface area contributed by atoms with Gasteiger partial charge in [-0.05, 0) is 25.8 Å². The first-order chi connectivity index (χ1) is 8.15. The monoisotopic (exact) mass is 236 g/mol. The maximum atomic E-state index is 12.9. The van der Waals surface area contributed by atoms with Crippen LogP contribution in [0.3, 0.4) is 0 Å². The molecule has 3 nitrogen and oxygen atoms in total. The molecule has 0 radical (unpaired) electrons. The predicted molar refractivity (Wildman–Crippen MR) is 63.4 cm³/mol. The van der Waals surface area contributed by atoms with Crippen molar-refractivity contribution in [3.63, 3.8) is 0 Å². The third-order valence-electron chi connectivity index (χ3n) is 3.17. The van der Waals surface area contributed by atoms with Gasteiger partial charge in [-0.15, -0.1) is 0 Å². The van der Waals surface area contributed by atoms with E-state index in [9.17, 15) is 9.18 Å². The Balaban J connectivity index is 1.97. The van der Waals surface area contributed by atoms with Gasteiger partial charge in [0.1, 0.15) is 5.82 Å². The minimum atomic E-state index is -0.458. The van der Waals surface area contributed by atoms with Gasteiger partial charge in [0.2, 0.25) is 0 Å². The standard InChI is InChI=1S/C13H17FN2O/c1-9-3-2-4-12(16-9)6-13(17)10-5-11(14)8-15-7-10/h5,7-9,12,16H,2-4,6H2,1H3. The average Bonchev–Trinajstić information content (AvgIpc) is 2.29. The average molecular weight is 236 g/mol. The molecule has 0 saturated carbocycles. The Morgan fingerprint density at radius 1 is 1.53 bits per heavy atom. The summed E-state index contributed by atoms with van der Waals surface area (Å²) in [5.74, 6) is -0.496. The summed E-state index contributed by atoms with van der Waals surface area (Å²) in [6.07, 6.45) is 6.28. The highest BCUT2D eigenvalue weighted by molar-refractivity contribution is 5.96. The predicted octanol–water partition coefficient (Wildman–Crippen LogP) is 2.32. The topological polar surface area (TPSA) is 42.0 Å². The highest BCUT2D eigenvalue weighted by atomic mass is 19.1. The molecule has 2 atom stereocenters. The third kappa shape index (κ3) is 3.33. The van der Waals surface area contributed by atoms with Crippen molar-refractivity contribution in [3.05, 3.63) is 29.8 Å². The van der Waals surface area contributed by atoms with Crippen LogP contribution in [0.5, 0.6) is 0 Å². The molecule has 2 rings (SSSR count). The molecule has 2 heterocycles. The summed E-state index contributed by atoms with van der Waals surface area (Å²) in [6, 6.07) is 1.93. The van der Waals surface area contributed by atoms with Gasteiger partial charge in [-0.1, -0.05) is 6.42 Å². The van der Waals surface area contributed by atoms with Gasteiger partial charge in [-0.2, -0.15) is 0 Å². The van der Waals surface area contributed by atoms with Crippen molar-refractivity contribution in [2.24, 2.45) is 0 Å². The summed E-state index contributed by atoms with van der Waals surface area (Å²) in [4.78, 5) is 15.6. The van der Waals surface area contributed by atoms with Crippen molar-refractivity contribution in [3.8, 4) is 0 Å². The molecule has 92 valence electrons. The molecule has 1 aromatic rings. The Kier molecular flexibility index (Phi) is 3.84. The number of Topliss-reactive ketones (excluding diaryl/α,β-unsaturated/α-hetero) is 1. The van der Waals surface area contributed by atoms with Gasteiger partial charge in [-0.3, -0.25) is 9.78 Å². The fourth-order valence-corrected chi connectivity index (χ4v) is 2.31. The molecule has 4 heteroatoms. The maximum Gasteiger partial charge on any atom is 0.166 e. The summed E-state index contributed by atoms with van der Waals surface area (Å²) >= 11 is 0. The van der Waals surface area contributed by atoms with E-state index in [2.05, 4.69) is 17.2 Å². The van der Waals surface area contributed by atoms with Crippen molar-refractivity contribution in [2.45, 2.75) is 44.7 Å². The third-order valence-corrected chi connectivity index (χ3v) is 3.17. The summed E-state index contributed by atoms with van der Waals surface area (Å²) in [7, 11) is 0. The largest absolute Gasteiger partial charge is 0.311 e. The lowest BCUT2D eigenvalue weighted by atomic mass is 9.94. The van der Waals surface area contributed by atoms with Gasteiger partial charge >= 0.3 is 0 Å². The van der Waals surface area contributed by atoms with Crippen LogP contribution in [-0.2, 0) is 0 Å². The molecule has 0 aromatic carbocycles. The molecule has 2 unspecified atom stereocenters. The first-order valence-corrected chi connectivity index (χ1v) is 6.05. The second-order valence-electron chi connectivity index (χ2n) is 4.71. The Bertz CT molecular complexity index is 408. The molecule has 1 aliphatic rings. The van der Waals surface area contributed by atoms with E-state index in [4.69, 9.17) is 0 Å². The van der Waals surface area contributed by atoms with Crippen LogP contribution in [0.2, 0.25) is 0 Å². The lowest BCUT2D eigenvalue weighted by molar-refractivity contribution is 0.0959. The van der Waals surface area contributed by atoms with Crippen LogP contribution in [0.4, 0.5) is 4.39 Å². The molecule has 1 aliphatic heterocycles. The molecule has 0 aliphatic carbocycles. The Hall–Kier alpha value is -1.29. The van der Waals surface area contributed by atoms with Crippen LogP contribution in [0.1, 0.15) is 43.0 Å². The van der Waals surface area contributed by atoms with Crippen LogP contribution in [0.15, 0.2) is 18.5 Å². The summed E-state index contributed by atoms with van der Waals surface area (Å²) in [5, 5.41) is 3.40. The number of nitrogens with zero attached hydrogens (tertiary/aromatic N) is 1. The van der Waals surface area contributed by atoms with Crippen LogP contribution >= 0.6 is 0 Å². The molecule has 1 fully saturated rings. The number of piperidine rings is 1. The minimum absolute atomic E-state index is 0.0383. The quantitative estimate of drug-likeness (QED) is 0.819. The highest BCUT2D eigenvalue weighted by Crippen LogP contribution is 2.16. The van der Waals surface area contributed by atoms with E-state index in [-0.39, 0.29) is 11.8 Å². The van der Waals surface area contributed by atoms with Crippen molar-refractivity contribution in [1.82, 2.24) is 10.3 Å². The van der Waals surface area contributed by atoms with Gasteiger partial charge in [0, 0.05) is 30.3 Å². The minimum Gasteiger partial charge on any atom is -0.311 e. The number of pyridine rings is 1. The van der Waals surface area contributed by atoms with E-state index < -0.39 is 5.82 Å². The van der Waals surface area contributed by atoms with E-state index in [1.807, 2.05) is 0 Å².